The van der Waals surface area contributed by atoms with Crippen molar-refractivity contribution >= 4 is 11.4 Å². The van der Waals surface area contributed by atoms with Crippen LogP contribution >= 0.6 is 0 Å². The van der Waals surface area contributed by atoms with Gasteiger partial charge in [0, 0.05) is 41.8 Å². The Kier molecular flexibility index (Phi) is 10.4. The molecule has 0 fully saturated rings. The molecule has 0 amide bonds. The number of pyridine rings is 1. The van der Waals surface area contributed by atoms with Crippen molar-refractivity contribution in [1.82, 2.24) is 0 Å². The van der Waals surface area contributed by atoms with Crippen LogP contribution in [0.4, 0.5) is 5.69 Å². The summed E-state index contributed by atoms with van der Waals surface area (Å²) in [7, 11) is -4.94. The predicted molar refractivity (Wildman–Crippen MR) is 195 cm³/mol. The van der Waals surface area contributed by atoms with E-state index in [0.717, 1.165) is 62.7 Å². The highest BCUT2D eigenvalue weighted by molar-refractivity contribution is 6.03. The maximum Gasteiger partial charge on any atom is 0.219 e. The molecular weight excluding hydrogens is 686 g/mol. The molecule has 1 aromatic heterocycles. The maximum absolute atomic E-state index is 10.1. The zero-order valence-electron chi connectivity index (χ0n) is 28.4. The van der Waals surface area contributed by atoms with Crippen LogP contribution in [0.3, 0.4) is 0 Å². The molecule has 0 saturated carbocycles. The van der Waals surface area contributed by atoms with Crippen LogP contribution in [0.5, 0.6) is 5.75 Å². The van der Waals surface area contributed by atoms with Crippen LogP contribution in [0.1, 0.15) is 23.6 Å². The van der Waals surface area contributed by atoms with Crippen LogP contribution in [0.2, 0.25) is 0 Å². The second kappa shape index (κ2) is 15.6. The van der Waals surface area contributed by atoms with E-state index in [9.17, 15) is 5.11 Å². The summed E-state index contributed by atoms with van der Waals surface area (Å²) in [4.78, 5) is 0. The Labute approximate surface area is 309 Å². The first-order valence-electron chi connectivity index (χ1n) is 16.9. The molecule has 1 aliphatic heterocycles. The third-order valence-electron chi connectivity index (χ3n) is 8.98. The Bertz CT molecular complexity index is 2230. The van der Waals surface area contributed by atoms with Gasteiger partial charge in [-0.25, -0.2) is 18.6 Å². The van der Waals surface area contributed by atoms with E-state index in [2.05, 4.69) is 149 Å². The van der Waals surface area contributed by atoms with E-state index in [0.29, 0.717) is 0 Å². The van der Waals surface area contributed by atoms with Crippen LogP contribution in [0.25, 0.3) is 39.3 Å². The molecule has 1 atom stereocenters. The molecule has 1 unspecified atom stereocenters. The molecular formula is C44H34ClN3O5. The number of aromatic hydroxyl groups is 1. The van der Waals surface area contributed by atoms with Crippen molar-refractivity contribution in [3.8, 4) is 45.1 Å². The molecule has 6 aromatic carbocycles. The molecule has 0 aliphatic carbocycles. The molecule has 7 aromatic rings. The molecule has 53 heavy (non-hydrogen) atoms. The van der Waals surface area contributed by atoms with Crippen LogP contribution in [-0.4, -0.2) is 10.8 Å². The van der Waals surface area contributed by atoms with Gasteiger partial charge >= 0.3 is 0 Å². The Balaban J connectivity index is 0.000000817. The van der Waals surface area contributed by atoms with E-state index in [4.69, 9.17) is 23.7 Å². The number of nitrogens with zero attached hydrogens (tertiary/aromatic N) is 3. The van der Waals surface area contributed by atoms with Crippen molar-refractivity contribution in [1.29, 1.82) is 0 Å². The van der Waals surface area contributed by atoms with Gasteiger partial charge in [0.2, 0.25) is 17.1 Å². The van der Waals surface area contributed by atoms with Crippen LogP contribution < -0.4 is 28.2 Å². The molecule has 9 heteroatoms. The minimum absolute atomic E-state index is 0.114. The van der Waals surface area contributed by atoms with Crippen molar-refractivity contribution in [2.45, 2.75) is 12.5 Å². The molecule has 1 N–H and O–H groups in total. The van der Waals surface area contributed by atoms with Crippen LogP contribution in [-0.2, 0) is 0 Å². The van der Waals surface area contributed by atoms with Crippen molar-refractivity contribution in [3.63, 3.8) is 0 Å². The lowest BCUT2D eigenvalue weighted by Gasteiger charge is -2.24. The van der Waals surface area contributed by atoms with Gasteiger partial charge in [-0.3, -0.25) is 5.01 Å². The summed E-state index contributed by atoms with van der Waals surface area (Å²) >= 11 is 0. The summed E-state index contributed by atoms with van der Waals surface area (Å²) in [6.07, 6.45) is 0.840. The number of benzene rings is 6. The van der Waals surface area contributed by atoms with Gasteiger partial charge in [-0.05, 0) is 70.8 Å². The minimum atomic E-state index is -4.94. The van der Waals surface area contributed by atoms with E-state index in [-0.39, 0.29) is 11.8 Å². The summed E-state index contributed by atoms with van der Waals surface area (Å²) < 4.78 is 36.2. The van der Waals surface area contributed by atoms with Crippen molar-refractivity contribution < 1.29 is 38.6 Å². The molecule has 1 aliphatic rings. The van der Waals surface area contributed by atoms with Crippen molar-refractivity contribution in [2.24, 2.45) is 5.10 Å². The summed E-state index contributed by atoms with van der Waals surface area (Å²) in [6, 6.07) is 62.9. The molecule has 2 heterocycles. The number of hydrogen-bond donors (Lipinski definition) is 1. The average molecular weight is 720 g/mol. The number of aromatic nitrogens is 1. The number of phenolic OH excluding ortho intramolecular Hbond substituents is 1. The van der Waals surface area contributed by atoms with E-state index in [1.807, 2.05) is 30.3 Å². The lowest BCUT2D eigenvalue weighted by atomic mass is 9.97. The van der Waals surface area contributed by atoms with Crippen LogP contribution in [0, 0.1) is 10.2 Å². The molecule has 8 rings (SSSR count). The normalized spacial score (nSPS) is 13.9. The quantitative estimate of drug-likeness (QED) is 0.224. The zero-order valence-corrected chi connectivity index (χ0v) is 29.2. The van der Waals surface area contributed by atoms with Gasteiger partial charge in [-0.15, -0.1) is 10.2 Å². The van der Waals surface area contributed by atoms with E-state index in [1.54, 1.807) is 12.1 Å². The highest BCUT2D eigenvalue weighted by Gasteiger charge is 2.30. The second-order valence-electron chi connectivity index (χ2n) is 12.4. The number of anilines is 1. The van der Waals surface area contributed by atoms with E-state index < -0.39 is 10.2 Å². The predicted octanol–water partition coefficient (Wildman–Crippen LogP) is 5.27. The van der Waals surface area contributed by atoms with Crippen LogP contribution in [0.15, 0.2) is 187 Å². The monoisotopic (exact) mass is 719 g/mol. The summed E-state index contributed by atoms with van der Waals surface area (Å²) in [6.45, 7) is 0. The standard InChI is InChI=1S/C44H33N3O.ClHO4/c48-40-27-25-38(26-28-40)46-42(34-15-7-2-8-16-34)29-37(30-43(46)35-17-9-3-10-18-35)32-21-23-39(24-22-32)47-44(36-19-11-4-12-20-36)31-41(45-47)33-13-5-1-6-14-33;2-1(3,4)5/h1-30,44H,31H2;(H,2,3,4,5). The van der Waals surface area contributed by atoms with Crippen molar-refractivity contribution in [2.75, 3.05) is 5.01 Å². The van der Waals surface area contributed by atoms with Gasteiger partial charge < -0.3 is 5.11 Å². The molecule has 262 valence electrons. The topological polar surface area (TPSA) is 132 Å². The second-order valence-corrected chi connectivity index (χ2v) is 13.2. The van der Waals surface area contributed by atoms with Gasteiger partial charge in [0.15, 0.2) is 0 Å². The number of hydrogen-bond acceptors (Lipinski definition) is 7. The van der Waals surface area contributed by atoms with Gasteiger partial charge in [0.05, 0.1) is 17.4 Å². The van der Waals surface area contributed by atoms with Gasteiger partial charge in [-0.2, -0.15) is 9.67 Å². The number of rotatable bonds is 7. The Hall–Kier alpha value is -6.13. The smallest absolute Gasteiger partial charge is 0.219 e. The molecule has 0 spiro atoms. The number of hydrazone groups is 1. The van der Waals surface area contributed by atoms with Gasteiger partial charge in [-0.1, -0.05) is 109 Å². The van der Waals surface area contributed by atoms with E-state index in [1.165, 1.54) is 5.56 Å². The third kappa shape index (κ3) is 8.51. The fraction of sp³-hybridized carbons (Fsp3) is 0.0455. The lowest BCUT2D eigenvalue weighted by molar-refractivity contribution is -2.00. The first-order valence-corrected chi connectivity index (χ1v) is 18.1. The highest BCUT2D eigenvalue weighted by Crippen LogP contribution is 2.38. The average Bonchev–Trinajstić information content (AvgIpc) is 3.64. The number of halogens is 1. The number of phenols is 1. The van der Waals surface area contributed by atoms with Gasteiger partial charge in [0.1, 0.15) is 5.75 Å². The summed E-state index contributed by atoms with van der Waals surface area (Å²) in [5.74, 6) is 0.242. The summed E-state index contributed by atoms with van der Waals surface area (Å²) in [5, 5.41) is 17.5. The Morgan fingerprint density at radius 3 is 1.47 bits per heavy atom. The molecule has 8 nitrogen and oxygen atoms in total. The first-order chi connectivity index (χ1) is 25.7. The van der Waals surface area contributed by atoms with Gasteiger partial charge in [0.25, 0.3) is 0 Å². The lowest BCUT2D eigenvalue weighted by Crippen LogP contribution is -2.68. The molecule has 0 saturated heterocycles. The maximum atomic E-state index is 10.1. The molecule has 0 bridgehead atoms. The fourth-order valence-corrected chi connectivity index (χ4v) is 6.58. The van der Waals surface area contributed by atoms with Crippen molar-refractivity contribution in [3.05, 3.63) is 193 Å². The van der Waals surface area contributed by atoms with E-state index >= 15 is 0 Å². The third-order valence-corrected chi connectivity index (χ3v) is 8.98. The highest BCUT2D eigenvalue weighted by atomic mass is 35.7. The zero-order chi connectivity index (χ0) is 36.8. The fourth-order valence-electron chi connectivity index (χ4n) is 6.58. The first kappa shape index (κ1) is 35.3. The Morgan fingerprint density at radius 2 is 0.981 bits per heavy atom. The SMILES string of the molecule is Oc1ccc(-[n+]2c(-c3ccccc3)cc(-c3ccc(N4N=C(c5ccccc5)CC4c4ccccc4)cc3)cc2-c2ccccc2)cc1.[O-][Cl+3]([O-])([O-])[O-]. The Morgan fingerprint density at radius 1 is 0.528 bits per heavy atom. The largest absolute Gasteiger partial charge is 0.508 e. The molecule has 0 radical (unpaired) electrons. The minimum Gasteiger partial charge on any atom is -0.508 e. The summed E-state index contributed by atoms with van der Waals surface area (Å²) in [5.41, 5.74) is 12.1.